The van der Waals surface area contributed by atoms with Gasteiger partial charge in [-0.2, -0.15) is 0 Å². The van der Waals surface area contributed by atoms with Crippen molar-refractivity contribution in [3.05, 3.63) is 71.8 Å². The molecule has 3 aromatic carbocycles. The lowest BCUT2D eigenvalue weighted by Gasteiger charge is -2.25. The molecule has 0 radical (unpaired) electrons. The number of nitrogens with zero attached hydrogens (tertiary/aromatic N) is 3. The SMILES string of the molecule is COc1ccc(CNC(=O)c2ccc3c(c2)nc(-c2ccc(OCC(=O)NCCCN(C)C)cc2)n3C2CCCCC2)cc1OC. The van der Waals surface area contributed by atoms with Crippen molar-refractivity contribution in [2.24, 2.45) is 0 Å². The summed E-state index contributed by atoms with van der Waals surface area (Å²) in [5.74, 6) is 2.45. The van der Waals surface area contributed by atoms with Crippen LogP contribution in [0.2, 0.25) is 0 Å². The zero-order chi connectivity index (χ0) is 32.5. The van der Waals surface area contributed by atoms with Gasteiger partial charge in [0.15, 0.2) is 18.1 Å². The maximum atomic E-state index is 13.2. The number of carbonyl (C=O) groups excluding carboxylic acids is 2. The number of rotatable bonds is 14. The van der Waals surface area contributed by atoms with Crippen LogP contribution in [-0.2, 0) is 11.3 Å². The van der Waals surface area contributed by atoms with Gasteiger partial charge >= 0.3 is 0 Å². The number of aromatic nitrogens is 2. The fraction of sp³-hybridized carbons (Fsp3) is 0.417. The fourth-order valence-electron chi connectivity index (χ4n) is 5.95. The van der Waals surface area contributed by atoms with Gasteiger partial charge in [0.05, 0.1) is 25.3 Å². The van der Waals surface area contributed by atoms with E-state index in [2.05, 4.69) is 20.1 Å². The molecule has 10 nitrogen and oxygen atoms in total. The minimum atomic E-state index is -0.173. The standard InChI is InChI=1S/C36H45N5O5/c1-40(2)20-8-19-37-34(42)24-46-29-15-12-26(13-16-29)35-39-30-22-27(14-17-31(30)41(35)28-9-6-5-7-10-28)36(43)38-23-25-11-18-32(44-3)33(21-25)45-4/h11-18,21-22,28H,5-10,19-20,23-24H2,1-4H3,(H,37,42)(H,38,43). The average Bonchev–Trinajstić information content (AvgIpc) is 3.47. The number of hydrogen-bond donors (Lipinski definition) is 2. The third kappa shape index (κ3) is 8.17. The number of fused-ring (bicyclic) bond motifs is 1. The van der Waals surface area contributed by atoms with Crippen LogP contribution < -0.4 is 24.8 Å². The molecule has 1 aromatic heterocycles. The van der Waals surface area contributed by atoms with Crippen molar-refractivity contribution in [2.75, 3.05) is 48.0 Å². The number of amides is 2. The smallest absolute Gasteiger partial charge is 0.257 e. The first-order valence-electron chi connectivity index (χ1n) is 16.0. The van der Waals surface area contributed by atoms with E-state index in [4.69, 9.17) is 19.2 Å². The Hall–Kier alpha value is -4.57. The Bertz CT molecular complexity index is 1630. The van der Waals surface area contributed by atoms with Gasteiger partial charge in [-0.3, -0.25) is 9.59 Å². The number of methoxy groups -OCH3 is 2. The lowest BCUT2D eigenvalue weighted by molar-refractivity contribution is -0.123. The summed E-state index contributed by atoms with van der Waals surface area (Å²) in [6.45, 7) is 1.87. The molecule has 0 atom stereocenters. The summed E-state index contributed by atoms with van der Waals surface area (Å²) in [7, 11) is 7.21. The fourth-order valence-corrected chi connectivity index (χ4v) is 5.95. The van der Waals surface area contributed by atoms with Crippen molar-refractivity contribution in [1.29, 1.82) is 0 Å². The third-order valence-electron chi connectivity index (χ3n) is 8.38. The van der Waals surface area contributed by atoms with Gasteiger partial charge in [-0.15, -0.1) is 0 Å². The van der Waals surface area contributed by atoms with Crippen molar-refractivity contribution >= 4 is 22.8 Å². The first-order chi connectivity index (χ1) is 22.4. The maximum absolute atomic E-state index is 13.2. The van der Waals surface area contributed by atoms with Gasteiger partial charge in [0.1, 0.15) is 11.6 Å². The molecule has 0 aliphatic heterocycles. The van der Waals surface area contributed by atoms with Crippen LogP contribution in [0, 0.1) is 0 Å². The van der Waals surface area contributed by atoms with Gasteiger partial charge in [-0.25, -0.2) is 4.98 Å². The topological polar surface area (TPSA) is 107 Å². The summed E-state index contributed by atoms with van der Waals surface area (Å²) in [6, 6.07) is 19.4. The highest BCUT2D eigenvalue weighted by atomic mass is 16.5. The molecule has 5 rings (SSSR count). The van der Waals surface area contributed by atoms with Crippen molar-refractivity contribution in [1.82, 2.24) is 25.1 Å². The van der Waals surface area contributed by atoms with Gasteiger partial charge < -0.3 is 34.3 Å². The van der Waals surface area contributed by atoms with Gasteiger partial charge in [0.25, 0.3) is 11.8 Å². The van der Waals surface area contributed by atoms with Crippen molar-refractivity contribution in [3.8, 4) is 28.6 Å². The van der Waals surface area contributed by atoms with E-state index in [1.165, 1.54) is 19.3 Å². The number of imidazole rings is 1. The molecule has 1 aliphatic carbocycles. The van der Waals surface area contributed by atoms with Crippen molar-refractivity contribution in [2.45, 2.75) is 51.1 Å². The Morgan fingerprint density at radius 1 is 0.913 bits per heavy atom. The zero-order valence-corrected chi connectivity index (χ0v) is 27.3. The Balaban J connectivity index is 1.31. The molecule has 0 saturated heterocycles. The molecule has 0 unspecified atom stereocenters. The van der Waals surface area contributed by atoms with Gasteiger partial charge in [0, 0.05) is 30.3 Å². The molecule has 1 heterocycles. The molecule has 46 heavy (non-hydrogen) atoms. The minimum Gasteiger partial charge on any atom is -0.493 e. The molecule has 2 N–H and O–H groups in total. The van der Waals surface area contributed by atoms with Gasteiger partial charge in [0.2, 0.25) is 0 Å². The average molecular weight is 628 g/mol. The van der Waals surface area contributed by atoms with E-state index in [1.54, 1.807) is 14.2 Å². The molecular formula is C36H45N5O5. The Morgan fingerprint density at radius 3 is 2.39 bits per heavy atom. The second-order valence-electron chi connectivity index (χ2n) is 12.0. The zero-order valence-electron chi connectivity index (χ0n) is 27.3. The van der Waals surface area contributed by atoms with E-state index in [0.717, 1.165) is 53.8 Å². The van der Waals surface area contributed by atoms with Crippen molar-refractivity contribution < 1.29 is 23.8 Å². The first kappa shape index (κ1) is 32.8. The summed E-state index contributed by atoms with van der Waals surface area (Å²) in [4.78, 5) is 32.6. The normalized spacial score (nSPS) is 13.5. The van der Waals surface area contributed by atoms with Crippen molar-refractivity contribution in [3.63, 3.8) is 0 Å². The molecule has 0 bridgehead atoms. The Kier molecular flexibility index (Phi) is 11.1. The third-order valence-corrected chi connectivity index (χ3v) is 8.38. The number of benzene rings is 3. The van der Waals surface area contributed by atoms with Crippen LogP contribution in [0.15, 0.2) is 60.7 Å². The molecule has 4 aromatic rings. The second kappa shape index (κ2) is 15.6. The van der Waals surface area contributed by atoms with E-state index in [9.17, 15) is 9.59 Å². The van der Waals surface area contributed by atoms with Gasteiger partial charge in [-0.05, 0) is 100 Å². The van der Waals surface area contributed by atoms with Gasteiger partial charge in [-0.1, -0.05) is 25.3 Å². The molecule has 2 amide bonds. The summed E-state index contributed by atoms with van der Waals surface area (Å²) >= 11 is 0. The van der Waals surface area contributed by atoms with E-state index >= 15 is 0 Å². The summed E-state index contributed by atoms with van der Waals surface area (Å²) < 4.78 is 18.8. The molecule has 0 spiro atoms. The molecule has 1 saturated carbocycles. The van der Waals surface area contributed by atoms with Crippen LogP contribution in [0.5, 0.6) is 17.2 Å². The quantitative estimate of drug-likeness (QED) is 0.175. The lowest BCUT2D eigenvalue weighted by Crippen LogP contribution is -2.31. The molecule has 1 aliphatic rings. The number of carbonyl (C=O) groups is 2. The minimum absolute atomic E-state index is 0.0290. The van der Waals surface area contributed by atoms with E-state index in [-0.39, 0.29) is 18.4 Å². The molecule has 10 heteroatoms. The highest BCUT2D eigenvalue weighted by molar-refractivity contribution is 5.98. The molecular weight excluding hydrogens is 582 g/mol. The number of nitrogens with one attached hydrogen (secondary N) is 2. The lowest BCUT2D eigenvalue weighted by atomic mass is 9.94. The Morgan fingerprint density at radius 2 is 1.67 bits per heavy atom. The highest BCUT2D eigenvalue weighted by Gasteiger charge is 2.23. The predicted molar refractivity (Wildman–Crippen MR) is 180 cm³/mol. The second-order valence-corrected chi connectivity index (χ2v) is 12.0. The maximum Gasteiger partial charge on any atom is 0.257 e. The highest BCUT2D eigenvalue weighted by Crippen LogP contribution is 2.36. The predicted octanol–water partition coefficient (Wildman–Crippen LogP) is 5.60. The molecule has 1 fully saturated rings. The first-order valence-corrected chi connectivity index (χ1v) is 16.0. The van der Waals surface area contributed by atoms with E-state index < -0.39 is 0 Å². The van der Waals surface area contributed by atoms with Crippen LogP contribution in [0.25, 0.3) is 22.4 Å². The number of hydrogen-bond acceptors (Lipinski definition) is 7. The Labute approximate surface area is 271 Å². The van der Waals surface area contributed by atoms with Crippen LogP contribution >= 0.6 is 0 Å². The molecule has 244 valence electrons. The van der Waals surface area contributed by atoms with Crippen LogP contribution in [0.1, 0.15) is 60.5 Å². The summed E-state index contributed by atoms with van der Waals surface area (Å²) in [6.07, 6.45) is 6.70. The van der Waals surface area contributed by atoms with E-state index in [0.29, 0.717) is 41.9 Å². The largest absolute Gasteiger partial charge is 0.493 e. The number of ether oxygens (including phenoxy) is 3. The summed E-state index contributed by atoms with van der Waals surface area (Å²) in [5.41, 5.74) is 4.22. The van der Waals surface area contributed by atoms with E-state index in [1.807, 2.05) is 74.8 Å². The monoisotopic (exact) mass is 627 g/mol. The van der Waals surface area contributed by atoms with Crippen LogP contribution in [0.4, 0.5) is 0 Å². The van der Waals surface area contributed by atoms with Crippen LogP contribution in [0.3, 0.4) is 0 Å². The van der Waals surface area contributed by atoms with Crippen LogP contribution in [-0.4, -0.2) is 74.3 Å². The summed E-state index contributed by atoms with van der Waals surface area (Å²) in [5, 5.41) is 5.92.